The van der Waals surface area contributed by atoms with E-state index in [0.29, 0.717) is 33.9 Å². The third-order valence-corrected chi connectivity index (χ3v) is 6.67. The van der Waals surface area contributed by atoms with Gasteiger partial charge in [0.2, 0.25) is 21.8 Å². The second-order valence-corrected chi connectivity index (χ2v) is 10.2. The van der Waals surface area contributed by atoms with Gasteiger partial charge in [-0.2, -0.15) is 13.2 Å². The van der Waals surface area contributed by atoms with Gasteiger partial charge in [0, 0.05) is 18.1 Å². The highest BCUT2D eigenvalue weighted by molar-refractivity contribution is 7.92. The molecule has 2 aromatic carbocycles. The summed E-state index contributed by atoms with van der Waals surface area (Å²) >= 11 is 6.22. The zero-order chi connectivity index (χ0) is 26.4. The fraction of sp³-hybridized carbons (Fsp3) is 0.391. The molecule has 35 heavy (non-hydrogen) atoms. The van der Waals surface area contributed by atoms with Crippen LogP contribution in [0.25, 0.3) is 0 Å². The van der Waals surface area contributed by atoms with Crippen LogP contribution >= 0.6 is 11.6 Å². The lowest BCUT2D eigenvalue weighted by Gasteiger charge is -2.31. The Kier molecular flexibility index (Phi) is 9.56. The van der Waals surface area contributed by atoms with Crippen molar-refractivity contribution in [1.29, 1.82) is 0 Å². The SMILES string of the molecule is CCCNC(=O)[C@H](C)N(Cc1ccccc1Cl)C(=O)CN(c1cccc(C(F)(F)F)c1)S(C)(=O)=O. The Morgan fingerprint density at radius 1 is 1.11 bits per heavy atom. The van der Waals surface area contributed by atoms with Crippen molar-refractivity contribution >= 4 is 39.1 Å². The largest absolute Gasteiger partial charge is 0.416 e. The summed E-state index contributed by atoms with van der Waals surface area (Å²) in [5.74, 6) is -1.25. The Balaban J connectivity index is 2.44. The van der Waals surface area contributed by atoms with Gasteiger partial charge in [-0.25, -0.2) is 8.42 Å². The minimum atomic E-state index is -4.70. The van der Waals surface area contributed by atoms with E-state index in [1.165, 1.54) is 13.0 Å². The maximum atomic E-state index is 13.4. The number of halogens is 4. The summed E-state index contributed by atoms with van der Waals surface area (Å²) in [6, 6.07) is 9.31. The molecule has 0 radical (unpaired) electrons. The maximum Gasteiger partial charge on any atom is 0.416 e. The molecule has 12 heteroatoms. The van der Waals surface area contributed by atoms with Gasteiger partial charge < -0.3 is 10.2 Å². The molecule has 192 valence electrons. The van der Waals surface area contributed by atoms with Gasteiger partial charge in [-0.05, 0) is 43.2 Å². The Bertz CT molecular complexity index is 1160. The standard InChI is InChI=1S/C23H27ClF3N3O4S/c1-4-12-28-22(32)16(2)29(14-17-8-5-6-11-20(17)24)21(31)15-30(35(3,33)34)19-10-7-9-18(13-19)23(25,26)27/h5-11,13,16H,4,12,14-15H2,1-3H3,(H,28,32)/t16-/m0/s1. The van der Waals surface area contributed by atoms with Gasteiger partial charge in [0.1, 0.15) is 12.6 Å². The minimum Gasteiger partial charge on any atom is -0.354 e. The molecule has 2 aromatic rings. The van der Waals surface area contributed by atoms with Gasteiger partial charge in [0.25, 0.3) is 0 Å². The van der Waals surface area contributed by atoms with Crippen molar-refractivity contribution in [3.8, 4) is 0 Å². The molecule has 2 rings (SSSR count). The third-order valence-electron chi connectivity index (χ3n) is 5.16. The zero-order valence-corrected chi connectivity index (χ0v) is 21.0. The van der Waals surface area contributed by atoms with E-state index in [1.54, 1.807) is 24.3 Å². The summed E-state index contributed by atoms with van der Waals surface area (Å²) in [5.41, 5.74) is -0.865. The summed E-state index contributed by atoms with van der Waals surface area (Å²) in [5, 5.41) is 3.02. The first-order chi connectivity index (χ1) is 16.3. The number of carbonyl (C=O) groups excluding carboxylic acids is 2. The zero-order valence-electron chi connectivity index (χ0n) is 19.5. The van der Waals surface area contributed by atoms with E-state index in [4.69, 9.17) is 11.6 Å². The van der Waals surface area contributed by atoms with Crippen LogP contribution in [-0.2, 0) is 32.3 Å². The van der Waals surface area contributed by atoms with Crippen molar-refractivity contribution in [2.45, 2.75) is 39.0 Å². The number of alkyl halides is 3. The molecule has 0 fully saturated rings. The van der Waals surface area contributed by atoms with E-state index in [-0.39, 0.29) is 12.2 Å². The van der Waals surface area contributed by atoms with Crippen LogP contribution in [0.15, 0.2) is 48.5 Å². The number of amides is 2. The highest BCUT2D eigenvalue weighted by atomic mass is 35.5. The van der Waals surface area contributed by atoms with E-state index >= 15 is 0 Å². The van der Waals surface area contributed by atoms with Crippen LogP contribution in [0.3, 0.4) is 0 Å². The molecule has 0 aliphatic rings. The average Bonchev–Trinajstić information content (AvgIpc) is 2.78. The molecule has 0 aliphatic heterocycles. The Morgan fingerprint density at radius 2 is 1.77 bits per heavy atom. The Morgan fingerprint density at radius 3 is 2.34 bits per heavy atom. The van der Waals surface area contributed by atoms with Crippen molar-refractivity contribution in [2.24, 2.45) is 0 Å². The molecule has 0 saturated heterocycles. The number of nitrogens with one attached hydrogen (secondary N) is 1. The summed E-state index contributed by atoms with van der Waals surface area (Å²) < 4.78 is 65.1. The summed E-state index contributed by atoms with van der Waals surface area (Å²) in [7, 11) is -4.16. The van der Waals surface area contributed by atoms with Crippen molar-refractivity contribution in [3.63, 3.8) is 0 Å². The predicted molar refractivity (Wildman–Crippen MR) is 128 cm³/mol. The molecule has 1 atom stereocenters. The molecule has 2 amide bonds. The van der Waals surface area contributed by atoms with Gasteiger partial charge >= 0.3 is 6.18 Å². The van der Waals surface area contributed by atoms with Crippen LogP contribution < -0.4 is 9.62 Å². The van der Waals surface area contributed by atoms with Crippen LogP contribution in [0, 0.1) is 0 Å². The number of rotatable bonds is 10. The topological polar surface area (TPSA) is 86.8 Å². The van der Waals surface area contributed by atoms with Crippen LogP contribution in [0.4, 0.5) is 18.9 Å². The van der Waals surface area contributed by atoms with Gasteiger partial charge in [-0.3, -0.25) is 13.9 Å². The fourth-order valence-electron chi connectivity index (χ4n) is 3.24. The second-order valence-electron chi connectivity index (χ2n) is 7.90. The quantitative estimate of drug-likeness (QED) is 0.499. The minimum absolute atomic E-state index is 0.112. The van der Waals surface area contributed by atoms with Crippen LogP contribution in [0.5, 0.6) is 0 Å². The number of nitrogens with zero attached hydrogens (tertiary/aromatic N) is 2. The van der Waals surface area contributed by atoms with Gasteiger partial charge in [0.15, 0.2) is 0 Å². The number of benzene rings is 2. The number of hydrogen-bond acceptors (Lipinski definition) is 4. The first-order valence-electron chi connectivity index (χ1n) is 10.7. The van der Waals surface area contributed by atoms with Crippen molar-refractivity contribution < 1.29 is 31.2 Å². The number of hydrogen-bond donors (Lipinski definition) is 1. The number of carbonyl (C=O) groups is 2. The highest BCUT2D eigenvalue weighted by Gasteiger charge is 2.33. The lowest BCUT2D eigenvalue weighted by Crippen LogP contribution is -2.51. The van der Waals surface area contributed by atoms with Crippen LogP contribution in [0.2, 0.25) is 5.02 Å². The lowest BCUT2D eigenvalue weighted by molar-refractivity contribution is -0.139. The predicted octanol–water partition coefficient (Wildman–Crippen LogP) is 4.07. The molecular weight excluding hydrogens is 507 g/mol. The van der Waals surface area contributed by atoms with Crippen molar-refractivity contribution in [2.75, 3.05) is 23.7 Å². The Labute approximate surface area is 207 Å². The smallest absolute Gasteiger partial charge is 0.354 e. The van der Waals surface area contributed by atoms with E-state index < -0.39 is 46.2 Å². The van der Waals surface area contributed by atoms with Gasteiger partial charge in [0.05, 0.1) is 17.5 Å². The summed E-state index contributed by atoms with van der Waals surface area (Å²) in [4.78, 5) is 27.2. The Hall–Kier alpha value is -2.79. The lowest BCUT2D eigenvalue weighted by atomic mass is 10.1. The maximum absolute atomic E-state index is 13.4. The first-order valence-corrected chi connectivity index (χ1v) is 12.9. The normalized spacial score (nSPS) is 12.7. The molecule has 0 bridgehead atoms. The van der Waals surface area contributed by atoms with E-state index in [1.807, 2.05) is 6.92 Å². The molecule has 0 saturated carbocycles. The van der Waals surface area contributed by atoms with Crippen LogP contribution in [-0.4, -0.2) is 50.5 Å². The van der Waals surface area contributed by atoms with E-state index in [2.05, 4.69) is 5.32 Å². The third kappa shape index (κ3) is 7.86. The van der Waals surface area contributed by atoms with E-state index in [9.17, 15) is 31.2 Å². The summed E-state index contributed by atoms with van der Waals surface area (Å²) in [6.45, 7) is 2.79. The number of anilines is 1. The average molecular weight is 534 g/mol. The molecule has 0 heterocycles. The molecule has 7 nitrogen and oxygen atoms in total. The van der Waals surface area contributed by atoms with Crippen molar-refractivity contribution in [3.05, 3.63) is 64.7 Å². The van der Waals surface area contributed by atoms with Crippen molar-refractivity contribution in [1.82, 2.24) is 10.2 Å². The fourth-order valence-corrected chi connectivity index (χ4v) is 4.28. The summed E-state index contributed by atoms with van der Waals surface area (Å²) in [6.07, 6.45) is -3.25. The first kappa shape index (κ1) is 28.4. The molecule has 0 spiro atoms. The number of sulfonamides is 1. The highest BCUT2D eigenvalue weighted by Crippen LogP contribution is 2.32. The molecule has 0 aromatic heterocycles. The second kappa shape index (κ2) is 11.8. The molecular formula is C23H27ClF3N3O4S. The molecule has 1 N–H and O–H groups in total. The monoisotopic (exact) mass is 533 g/mol. The van der Waals surface area contributed by atoms with E-state index in [0.717, 1.165) is 23.3 Å². The van der Waals surface area contributed by atoms with Gasteiger partial charge in [-0.15, -0.1) is 0 Å². The molecule has 0 unspecified atom stereocenters. The van der Waals surface area contributed by atoms with Gasteiger partial charge in [-0.1, -0.05) is 42.8 Å². The van der Waals surface area contributed by atoms with Crippen LogP contribution in [0.1, 0.15) is 31.4 Å². The molecule has 0 aliphatic carbocycles.